The van der Waals surface area contributed by atoms with E-state index in [-0.39, 0.29) is 12.1 Å². The lowest BCUT2D eigenvalue weighted by Crippen LogP contribution is -2.19. The van der Waals surface area contributed by atoms with Crippen molar-refractivity contribution in [3.05, 3.63) is 94.5 Å². The van der Waals surface area contributed by atoms with Gasteiger partial charge >= 0.3 is 6.03 Å². The van der Waals surface area contributed by atoms with Gasteiger partial charge in [-0.25, -0.2) is 4.79 Å². The summed E-state index contributed by atoms with van der Waals surface area (Å²) in [6, 6.07) is 21.3. The van der Waals surface area contributed by atoms with Crippen molar-refractivity contribution < 1.29 is 14.5 Å². The number of hydrogen-bond donors (Lipinski definition) is 3. The van der Waals surface area contributed by atoms with E-state index in [9.17, 15) is 19.7 Å². The zero-order chi connectivity index (χ0) is 20.6. The third-order valence-electron chi connectivity index (χ3n) is 3.98. The first kappa shape index (κ1) is 19.6. The van der Waals surface area contributed by atoms with Gasteiger partial charge in [0.05, 0.1) is 11.3 Å². The molecule has 0 fully saturated rings. The Labute approximate surface area is 166 Å². The maximum absolute atomic E-state index is 12.3. The zero-order valence-corrected chi connectivity index (χ0v) is 15.3. The molecule has 8 nitrogen and oxygen atoms in total. The fourth-order valence-electron chi connectivity index (χ4n) is 2.71. The average molecular weight is 390 g/mol. The van der Waals surface area contributed by atoms with Crippen LogP contribution in [0.4, 0.5) is 27.5 Å². The van der Waals surface area contributed by atoms with Crippen molar-refractivity contribution in [2.24, 2.45) is 0 Å². The molecular weight excluding hydrogens is 372 g/mol. The Morgan fingerprint density at radius 1 is 0.759 bits per heavy atom. The number of carbonyl (C=O) groups excluding carboxylic acids is 2. The van der Waals surface area contributed by atoms with E-state index in [2.05, 4.69) is 16.0 Å². The molecule has 0 aromatic heterocycles. The van der Waals surface area contributed by atoms with Gasteiger partial charge in [-0.15, -0.1) is 0 Å². The van der Waals surface area contributed by atoms with Crippen molar-refractivity contribution in [2.75, 3.05) is 16.0 Å². The van der Waals surface area contributed by atoms with E-state index in [1.165, 1.54) is 6.07 Å². The van der Waals surface area contributed by atoms with Gasteiger partial charge in [0.25, 0.3) is 5.69 Å². The monoisotopic (exact) mass is 390 g/mol. The summed E-state index contributed by atoms with van der Waals surface area (Å²) < 4.78 is 0. The van der Waals surface area contributed by atoms with Gasteiger partial charge in [-0.05, 0) is 30.3 Å². The second kappa shape index (κ2) is 9.14. The van der Waals surface area contributed by atoms with Crippen LogP contribution in [0.1, 0.15) is 5.56 Å². The number of rotatable bonds is 6. The summed E-state index contributed by atoms with van der Waals surface area (Å²) in [5, 5.41) is 19.1. The summed E-state index contributed by atoms with van der Waals surface area (Å²) in [6.45, 7) is 0. The summed E-state index contributed by atoms with van der Waals surface area (Å²) in [6.07, 6.45) is -0.136. The number of nitro groups is 1. The molecular formula is C21H18N4O4. The van der Waals surface area contributed by atoms with Crippen LogP contribution in [0.15, 0.2) is 78.9 Å². The van der Waals surface area contributed by atoms with Crippen molar-refractivity contribution in [3.8, 4) is 0 Å². The van der Waals surface area contributed by atoms with Crippen LogP contribution in [0.3, 0.4) is 0 Å². The highest BCUT2D eigenvalue weighted by atomic mass is 16.6. The van der Waals surface area contributed by atoms with E-state index in [4.69, 9.17) is 0 Å². The molecule has 0 saturated heterocycles. The second-order valence-corrected chi connectivity index (χ2v) is 6.14. The first-order valence-corrected chi connectivity index (χ1v) is 8.76. The van der Waals surface area contributed by atoms with Crippen molar-refractivity contribution in [1.82, 2.24) is 0 Å². The summed E-state index contributed by atoms with van der Waals surface area (Å²) in [4.78, 5) is 34.9. The average Bonchev–Trinajstić information content (AvgIpc) is 2.69. The summed E-state index contributed by atoms with van der Waals surface area (Å²) in [5.41, 5.74) is 1.83. The number of nitrogens with one attached hydrogen (secondary N) is 3. The third-order valence-corrected chi connectivity index (χ3v) is 3.98. The fraction of sp³-hybridized carbons (Fsp3) is 0.0476. The molecule has 0 unspecified atom stereocenters. The molecule has 0 aliphatic rings. The molecule has 3 N–H and O–H groups in total. The van der Waals surface area contributed by atoms with E-state index >= 15 is 0 Å². The molecule has 0 saturated carbocycles. The molecule has 0 atom stereocenters. The number of carbonyl (C=O) groups is 2. The highest BCUT2D eigenvalue weighted by Crippen LogP contribution is 2.20. The Morgan fingerprint density at radius 2 is 1.34 bits per heavy atom. The first-order valence-electron chi connectivity index (χ1n) is 8.76. The molecule has 8 heteroatoms. The smallest absolute Gasteiger partial charge is 0.323 e. The van der Waals surface area contributed by atoms with Crippen LogP contribution >= 0.6 is 0 Å². The molecule has 29 heavy (non-hydrogen) atoms. The molecule has 0 aliphatic carbocycles. The SMILES string of the molecule is O=C(Cc1ccccc1[N+](=O)[O-])Nc1cccc(NC(=O)Nc2ccccc2)c1. The minimum Gasteiger partial charge on any atom is -0.326 e. The number of amides is 3. The van der Waals surface area contributed by atoms with Crippen LogP contribution in [0, 0.1) is 10.1 Å². The Kier molecular flexibility index (Phi) is 6.16. The molecule has 3 rings (SSSR count). The largest absolute Gasteiger partial charge is 0.326 e. The normalized spacial score (nSPS) is 10.1. The van der Waals surface area contributed by atoms with Gasteiger partial charge in [0.1, 0.15) is 0 Å². The molecule has 0 heterocycles. The molecule has 0 aliphatic heterocycles. The number of nitro benzene ring substituents is 1. The highest BCUT2D eigenvalue weighted by Gasteiger charge is 2.15. The third kappa shape index (κ3) is 5.64. The molecule has 0 bridgehead atoms. The lowest BCUT2D eigenvalue weighted by molar-refractivity contribution is -0.385. The summed E-state index contributed by atoms with van der Waals surface area (Å²) in [7, 11) is 0. The Hall–Kier alpha value is -4.20. The number of nitrogens with zero attached hydrogens (tertiary/aromatic N) is 1. The Morgan fingerprint density at radius 3 is 2.07 bits per heavy atom. The van der Waals surface area contributed by atoms with Crippen LogP contribution in [-0.4, -0.2) is 16.9 Å². The Bertz CT molecular complexity index is 1040. The van der Waals surface area contributed by atoms with Crippen molar-refractivity contribution >= 4 is 34.7 Å². The highest BCUT2D eigenvalue weighted by molar-refractivity contribution is 6.00. The van der Waals surface area contributed by atoms with E-state index in [1.807, 2.05) is 18.2 Å². The quantitative estimate of drug-likeness (QED) is 0.427. The van der Waals surface area contributed by atoms with E-state index < -0.39 is 16.9 Å². The van der Waals surface area contributed by atoms with Gasteiger partial charge in [0.2, 0.25) is 5.91 Å². The van der Waals surface area contributed by atoms with Gasteiger partial charge in [0, 0.05) is 28.7 Å². The predicted octanol–water partition coefficient (Wildman–Crippen LogP) is 4.42. The van der Waals surface area contributed by atoms with Crippen molar-refractivity contribution in [2.45, 2.75) is 6.42 Å². The van der Waals surface area contributed by atoms with E-state index in [1.54, 1.807) is 54.6 Å². The van der Waals surface area contributed by atoms with Crippen LogP contribution in [-0.2, 0) is 11.2 Å². The van der Waals surface area contributed by atoms with E-state index in [0.717, 1.165) is 0 Å². The topological polar surface area (TPSA) is 113 Å². The second-order valence-electron chi connectivity index (χ2n) is 6.14. The summed E-state index contributed by atoms with van der Waals surface area (Å²) in [5.74, 6) is -0.398. The number of urea groups is 1. The minimum atomic E-state index is -0.515. The van der Waals surface area contributed by atoms with Crippen molar-refractivity contribution in [1.29, 1.82) is 0 Å². The van der Waals surface area contributed by atoms with Gasteiger partial charge in [-0.2, -0.15) is 0 Å². The molecule has 3 amide bonds. The lowest BCUT2D eigenvalue weighted by Gasteiger charge is -2.10. The number of anilines is 3. The standard InChI is InChI=1S/C21H18N4O4/c26-20(13-15-7-4-5-12-19(15)25(28)29)22-17-10-6-11-18(14-17)24-21(27)23-16-8-2-1-3-9-16/h1-12,14H,13H2,(H,22,26)(H2,23,24,27). The molecule has 0 spiro atoms. The van der Waals surface area contributed by atoms with Gasteiger partial charge in [-0.1, -0.05) is 42.5 Å². The molecule has 0 radical (unpaired) electrons. The summed E-state index contributed by atoms with van der Waals surface area (Å²) >= 11 is 0. The molecule has 3 aromatic rings. The molecule has 3 aromatic carbocycles. The first-order chi connectivity index (χ1) is 14.0. The van der Waals surface area contributed by atoms with Crippen molar-refractivity contribution in [3.63, 3.8) is 0 Å². The molecule has 146 valence electrons. The van der Waals surface area contributed by atoms with Gasteiger partial charge in [-0.3, -0.25) is 14.9 Å². The van der Waals surface area contributed by atoms with Crippen LogP contribution in [0.2, 0.25) is 0 Å². The zero-order valence-electron chi connectivity index (χ0n) is 15.3. The number of hydrogen-bond acceptors (Lipinski definition) is 4. The van der Waals surface area contributed by atoms with Gasteiger partial charge in [0.15, 0.2) is 0 Å². The maximum Gasteiger partial charge on any atom is 0.323 e. The fourth-order valence-corrected chi connectivity index (χ4v) is 2.71. The van der Waals surface area contributed by atoms with E-state index in [0.29, 0.717) is 22.6 Å². The predicted molar refractivity (Wildman–Crippen MR) is 111 cm³/mol. The van der Waals surface area contributed by atoms with Gasteiger partial charge < -0.3 is 16.0 Å². The Balaban J connectivity index is 1.61. The van der Waals surface area contributed by atoms with Crippen LogP contribution in [0.5, 0.6) is 0 Å². The number of para-hydroxylation sites is 2. The maximum atomic E-state index is 12.3. The van der Waals surface area contributed by atoms with Crippen LogP contribution < -0.4 is 16.0 Å². The number of benzene rings is 3. The van der Waals surface area contributed by atoms with Crippen LogP contribution in [0.25, 0.3) is 0 Å². The lowest BCUT2D eigenvalue weighted by atomic mass is 10.1. The minimum absolute atomic E-state index is 0.101.